The molecular weight excluding hydrogens is 116 g/mol. The van der Waals surface area contributed by atoms with Gasteiger partial charge in [0.05, 0.1) is 0 Å². The van der Waals surface area contributed by atoms with E-state index in [4.69, 9.17) is 0 Å². The van der Waals surface area contributed by atoms with E-state index < -0.39 is 12.2 Å². The number of hydrogen-bond donors (Lipinski definition) is 0. The minimum atomic E-state index is -2.68. The first-order valence-corrected chi connectivity index (χ1v) is 1.78. The largest absolute Gasteiger partial charge is 0.357 e. The maximum atomic E-state index is 11.3. The summed E-state index contributed by atoms with van der Waals surface area (Å²) in [5.41, 5.74) is 0. The maximum Gasteiger partial charge on any atom is 0.297 e. The van der Waals surface area contributed by atoms with Crippen molar-refractivity contribution < 1.29 is 13.6 Å². The highest BCUT2D eigenvalue weighted by Gasteiger charge is 2.07. The van der Waals surface area contributed by atoms with Crippen LogP contribution in [-0.4, -0.2) is 13.1 Å². The van der Waals surface area contributed by atoms with Crippen molar-refractivity contribution in [2.75, 3.05) is 0 Å². The Morgan fingerprint density at radius 1 is 1.62 bits per heavy atom. The molecule has 0 unspecified atom stereocenters. The first-order chi connectivity index (χ1) is 3.68. The van der Waals surface area contributed by atoms with E-state index in [0.29, 0.717) is 0 Å². The fraction of sp³-hybridized carbons (Fsp3) is 0.250. The molecule has 0 heterocycles. The van der Waals surface area contributed by atoms with Crippen LogP contribution in [0.25, 0.3) is 0 Å². The van der Waals surface area contributed by atoms with Crippen LogP contribution in [0.1, 0.15) is 0 Å². The second kappa shape index (κ2) is 3.12. The molecule has 0 atom stereocenters. The molecule has 8 heavy (non-hydrogen) atoms. The Hall–Kier alpha value is -0.930. The summed E-state index contributed by atoms with van der Waals surface area (Å²) in [6, 6.07) is 0. The van der Waals surface area contributed by atoms with Crippen LogP contribution in [0.2, 0.25) is 0 Å². The molecule has 0 N–H and O–H groups in total. The molecule has 0 aliphatic rings. The van der Waals surface area contributed by atoms with Gasteiger partial charge in [0, 0.05) is 6.72 Å². The second-order valence-electron chi connectivity index (χ2n) is 0.987. The van der Waals surface area contributed by atoms with Crippen LogP contribution < -0.4 is 0 Å². The number of allylic oxidation sites excluding steroid dienone is 1. The third-order valence-electron chi connectivity index (χ3n) is 0.425. The van der Waals surface area contributed by atoms with Crippen molar-refractivity contribution in [3.05, 3.63) is 12.3 Å². The van der Waals surface area contributed by atoms with Crippen molar-refractivity contribution in [3.8, 4) is 0 Å². The molecule has 0 saturated heterocycles. The van der Waals surface area contributed by atoms with Gasteiger partial charge in [-0.1, -0.05) is 11.7 Å². The second-order valence-corrected chi connectivity index (χ2v) is 0.987. The Bertz CT molecular complexity index is 102. The summed E-state index contributed by atoms with van der Waals surface area (Å²) >= 11 is 0. The van der Waals surface area contributed by atoms with Gasteiger partial charge in [0.25, 0.3) is 6.43 Å². The normalized spacial score (nSPS) is 8.88. The van der Waals surface area contributed by atoms with Crippen LogP contribution in [-0.2, 0) is 4.84 Å². The van der Waals surface area contributed by atoms with Gasteiger partial charge in [-0.25, -0.2) is 8.78 Å². The number of alkyl halides is 2. The van der Waals surface area contributed by atoms with Gasteiger partial charge in [-0.2, -0.15) is 0 Å². The lowest BCUT2D eigenvalue weighted by Gasteiger charge is -1.96. The molecule has 0 bridgehead atoms. The number of rotatable bonds is 3. The molecule has 4 heteroatoms. The average molecular weight is 121 g/mol. The Balaban J connectivity index is 3.48. The smallest absolute Gasteiger partial charge is 0.297 e. The highest BCUT2D eigenvalue weighted by atomic mass is 19.3. The Morgan fingerprint density at radius 2 is 2.12 bits per heavy atom. The highest BCUT2D eigenvalue weighted by molar-refractivity contribution is 5.21. The Morgan fingerprint density at radius 3 is 2.25 bits per heavy atom. The summed E-state index contributed by atoms with van der Waals surface area (Å²) in [4.78, 5) is 3.87. The fourth-order valence-corrected chi connectivity index (χ4v) is 0.123. The molecule has 2 nitrogen and oxygen atoms in total. The minimum absolute atomic E-state index is 0.681. The summed E-state index contributed by atoms with van der Waals surface area (Å²) in [6.07, 6.45) is -2.68. The van der Waals surface area contributed by atoms with Gasteiger partial charge in [0.1, 0.15) is 0 Å². The van der Waals surface area contributed by atoms with E-state index in [1.54, 1.807) is 0 Å². The number of hydrogen-bond acceptors (Lipinski definition) is 2. The van der Waals surface area contributed by atoms with Gasteiger partial charge in [-0.05, 0) is 0 Å². The predicted octanol–water partition coefficient (Wildman–Crippen LogP) is 1.40. The lowest BCUT2D eigenvalue weighted by atomic mass is 10.6. The van der Waals surface area contributed by atoms with Crippen LogP contribution in [0.5, 0.6) is 0 Å². The van der Waals surface area contributed by atoms with Gasteiger partial charge in [-0.15, -0.1) is 0 Å². The van der Waals surface area contributed by atoms with Crippen molar-refractivity contribution in [1.29, 1.82) is 0 Å². The number of halogens is 2. The Labute approximate surface area is 45.4 Å². The zero-order chi connectivity index (χ0) is 6.57. The molecule has 0 aliphatic heterocycles. The minimum Gasteiger partial charge on any atom is -0.357 e. The standard InChI is InChI=1S/C4H5F2NO/c1-3(4(5)6)8-7-2/h4H,1-2H2. The van der Waals surface area contributed by atoms with E-state index in [0.717, 1.165) is 0 Å². The molecule has 0 rings (SSSR count). The SMILES string of the molecule is C=NOC(=C)C(F)F. The van der Waals surface area contributed by atoms with E-state index in [1.165, 1.54) is 0 Å². The van der Waals surface area contributed by atoms with Crippen LogP contribution in [0.3, 0.4) is 0 Å². The van der Waals surface area contributed by atoms with Gasteiger partial charge < -0.3 is 4.84 Å². The highest BCUT2D eigenvalue weighted by Crippen LogP contribution is 2.05. The zero-order valence-corrected chi connectivity index (χ0v) is 4.10. The third kappa shape index (κ3) is 2.28. The molecule has 0 aliphatic carbocycles. The molecule has 0 aromatic rings. The first-order valence-electron chi connectivity index (χ1n) is 1.78. The summed E-state index contributed by atoms with van der Waals surface area (Å²) in [5.74, 6) is -0.681. The monoisotopic (exact) mass is 121 g/mol. The number of nitrogens with zero attached hydrogens (tertiary/aromatic N) is 1. The summed E-state index contributed by atoms with van der Waals surface area (Å²) < 4.78 is 22.6. The molecule has 0 radical (unpaired) electrons. The van der Waals surface area contributed by atoms with E-state index in [1.807, 2.05) is 0 Å². The summed E-state index contributed by atoms with van der Waals surface area (Å²) in [5, 5.41) is 2.73. The van der Waals surface area contributed by atoms with Crippen molar-refractivity contribution in [3.63, 3.8) is 0 Å². The van der Waals surface area contributed by atoms with Crippen LogP contribution in [0, 0.1) is 0 Å². The van der Waals surface area contributed by atoms with Gasteiger partial charge >= 0.3 is 0 Å². The van der Waals surface area contributed by atoms with E-state index >= 15 is 0 Å². The van der Waals surface area contributed by atoms with Crippen molar-refractivity contribution in [2.45, 2.75) is 6.43 Å². The fourth-order valence-electron chi connectivity index (χ4n) is 0.123. The van der Waals surface area contributed by atoms with Gasteiger partial charge in [-0.3, -0.25) is 0 Å². The van der Waals surface area contributed by atoms with Crippen LogP contribution in [0.15, 0.2) is 17.5 Å². The molecular formula is C4H5F2NO. The molecule has 0 fully saturated rings. The summed E-state index contributed by atoms with van der Waals surface area (Å²) in [6.45, 7) is 5.65. The predicted molar refractivity (Wildman–Crippen MR) is 25.8 cm³/mol. The topological polar surface area (TPSA) is 21.6 Å². The molecule has 0 amide bonds. The van der Waals surface area contributed by atoms with E-state index in [2.05, 4.69) is 23.3 Å². The molecule has 0 saturated carbocycles. The van der Waals surface area contributed by atoms with E-state index in [-0.39, 0.29) is 0 Å². The van der Waals surface area contributed by atoms with Gasteiger partial charge in [0.15, 0.2) is 5.76 Å². The first kappa shape index (κ1) is 7.07. The Kier molecular flexibility index (Phi) is 2.76. The van der Waals surface area contributed by atoms with Gasteiger partial charge in [0.2, 0.25) is 0 Å². The van der Waals surface area contributed by atoms with Crippen molar-refractivity contribution in [2.24, 2.45) is 5.16 Å². The lowest BCUT2D eigenvalue weighted by Crippen LogP contribution is -1.95. The lowest BCUT2D eigenvalue weighted by molar-refractivity contribution is 0.0884. The molecule has 46 valence electrons. The van der Waals surface area contributed by atoms with E-state index in [9.17, 15) is 8.78 Å². The number of oxime groups is 1. The van der Waals surface area contributed by atoms with Crippen molar-refractivity contribution >= 4 is 6.72 Å². The average Bonchev–Trinajstić information content (AvgIpc) is 1.67. The molecule has 0 aromatic heterocycles. The van der Waals surface area contributed by atoms with Crippen LogP contribution in [0.4, 0.5) is 8.78 Å². The van der Waals surface area contributed by atoms with Crippen LogP contribution >= 0.6 is 0 Å². The quantitative estimate of drug-likeness (QED) is 0.314. The summed E-state index contributed by atoms with van der Waals surface area (Å²) in [7, 11) is 0. The maximum absolute atomic E-state index is 11.3. The van der Waals surface area contributed by atoms with Crippen molar-refractivity contribution in [1.82, 2.24) is 0 Å². The molecule has 0 aromatic carbocycles. The molecule has 0 spiro atoms. The zero-order valence-electron chi connectivity index (χ0n) is 4.10. The third-order valence-corrected chi connectivity index (χ3v) is 0.425.